The number of benzene rings is 2. The molecule has 4 heteroatoms. The van der Waals surface area contributed by atoms with E-state index in [2.05, 4.69) is 20.7 Å². The summed E-state index contributed by atoms with van der Waals surface area (Å²) in [6.45, 7) is 0. The fourth-order valence-electron chi connectivity index (χ4n) is 1.23. The van der Waals surface area contributed by atoms with Crippen LogP contribution in [0.3, 0.4) is 0 Å². The maximum Gasteiger partial charge on any atom is 0.150 e. The summed E-state index contributed by atoms with van der Waals surface area (Å²) < 4.78 is 15.8. The highest BCUT2D eigenvalue weighted by Gasteiger charge is 2.02. The lowest BCUT2D eigenvalue weighted by Gasteiger charge is -2.05. The van der Waals surface area contributed by atoms with E-state index in [1.165, 1.54) is 0 Å². The topological polar surface area (TPSA) is 29.1 Å². The van der Waals surface area contributed by atoms with E-state index in [4.69, 9.17) is 0 Å². The highest BCUT2D eigenvalue weighted by atomic mass is 79.9. The molecule has 0 fully saturated rings. The fourth-order valence-corrected chi connectivity index (χ4v) is 2.36. The molecule has 0 aromatic heterocycles. The molecule has 1 N–H and O–H groups in total. The van der Waals surface area contributed by atoms with Crippen LogP contribution in [0.5, 0.6) is 0 Å². The molecule has 0 unspecified atom stereocenters. The van der Waals surface area contributed by atoms with Gasteiger partial charge in [0.15, 0.2) is 0 Å². The maximum absolute atomic E-state index is 11.9. The Morgan fingerprint density at radius 1 is 0.938 bits per heavy atom. The van der Waals surface area contributed by atoms with Crippen LogP contribution in [0.15, 0.2) is 64.0 Å². The molecule has 2 nitrogen and oxygen atoms in total. The van der Waals surface area contributed by atoms with E-state index in [0.717, 1.165) is 15.1 Å². The summed E-state index contributed by atoms with van der Waals surface area (Å²) in [6, 6.07) is 16.9. The summed E-state index contributed by atoms with van der Waals surface area (Å²) >= 11 is 3.35. The number of hydrogen-bond acceptors (Lipinski definition) is 1. The van der Waals surface area contributed by atoms with Gasteiger partial charge in [-0.05, 0) is 36.4 Å². The quantitative estimate of drug-likeness (QED) is 0.921. The van der Waals surface area contributed by atoms with E-state index in [9.17, 15) is 4.21 Å². The van der Waals surface area contributed by atoms with E-state index in [-0.39, 0.29) is 0 Å². The van der Waals surface area contributed by atoms with Crippen molar-refractivity contribution in [3.05, 3.63) is 59.1 Å². The van der Waals surface area contributed by atoms with Crippen LogP contribution in [0.4, 0.5) is 5.69 Å². The maximum atomic E-state index is 11.9. The molecule has 2 aromatic rings. The summed E-state index contributed by atoms with van der Waals surface area (Å²) in [7, 11) is -1.21. The lowest BCUT2D eigenvalue weighted by atomic mass is 10.3. The Balaban J connectivity index is 2.11. The summed E-state index contributed by atoms with van der Waals surface area (Å²) in [4.78, 5) is 0.769. The summed E-state index contributed by atoms with van der Waals surface area (Å²) in [5.74, 6) is 0. The minimum Gasteiger partial charge on any atom is -0.301 e. The molecule has 0 bridgehead atoms. The number of rotatable bonds is 3. The Morgan fingerprint density at radius 2 is 1.56 bits per heavy atom. The lowest BCUT2D eigenvalue weighted by Crippen LogP contribution is -2.04. The van der Waals surface area contributed by atoms with E-state index in [1.807, 2.05) is 54.6 Å². The van der Waals surface area contributed by atoms with Crippen LogP contribution >= 0.6 is 15.9 Å². The first-order chi connectivity index (χ1) is 7.75. The molecule has 0 saturated heterocycles. The molecule has 0 aliphatic rings. The Hall–Kier alpha value is -1.13. The second-order valence-electron chi connectivity index (χ2n) is 3.19. The predicted octanol–water partition coefficient (Wildman–Crippen LogP) is 3.58. The normalized spacial score (nSPS) is 12.1. The van der Waals surface area contributed by atoms with Gasteiger partial charge in [-0.2, -0.15) is 0 Å². The van der Waals surface area contributed by atoms with Crippen LogP contribution < -0.4 is 4.72 Å². The number of hydrogen-bond donors (Lipinski definition) is 1. The Morgan fingerprint density at radius 3 is 2.19 bits per heavy atom. The largest absolute Gasteiger partial charge is 0.301 e. The van der Waals surface area contributed by atoms with Gasteiger partial charge in [0.05, 0.1) is 4.90 Å². The van der Waals surface area contributed by atoms with Crippen LogP contribution in [0.2, 0.25) is 0 Å². The molecule has 2 aromatic carbocycles. The van der Waals surface area contributed by atoms with Crippen LogP contribution in [-0.4, -0.2) is 4.21 Å². The smallest absolute Gasteiger partial charge is 0.150 e. The van der Waals surface area contributed by atoms with E-state index < -0.39 is 11.0 Å². The van der Waals surface area contributed by atoms with Crippen molar-refractivity contribution in [3.8, 4) is 0 Å². The molecule has 0 amide bonds. The van der Waals surface area contributed by atoms with Gasteiger partial charge in [-0.1, -0.05) is 34.1 Å². The van der Waals surface area contributed by atoms with Gasteiger partial charge in [0.25, 0.3) is 0 Å². The van der Waals surface area contributed by atoms with Crippen molar-refractivity contribution in [3.63, 3.8) is 0 Å². The lowest BCUT2D eigenvalue weighted by molar-refractivity contribution is 0.686. The third-order valence-electron chi connectivity index (χ3n) is 2.01. The Bertz CT molecular complexity index is 484. The monoisotopic (exact) mass is 295 g/mol. The minimum atomic E-state index is -1.21. The highest BCUT2D eigenvalue weighted by Crippen LogP contribution is 2.16. The molecule has 16 heavy (non-hydrogen) atoms. The zero-order valence-corrected chi connectivity index (χ0v) is 10.8. The molecule has 0 aliphatic heterocycles. The molecular weight excluding hydrogens is 286 g/mol. The second-order valence-corrected chi connectivity index (χ2v) is 5.32. The molecule has 1 atom stereocenters. The van der Waals surface area contributed by atoms with Crippen molar-refractivity contribution < 1.29 is 4.21 Å². The van der Waals surface area contributed by atoms with Gasteiger partial charge in [-0.15, -0.1) is 0 Å². The van der Waals surface area contributed by atoms with Gasteiger partial charge in [0, 0.05) is 10.2 Å². The van der Waals surface area contributed by atoms with Crippen molar-refractivity contribution in [2.45, 2.75) is 4.90 Å². The van der Waals surface area contributed by atoms with Crippen molar-refractivity contribution in [2.24, 2.45) is 0 Å². The van der Waals surface area contributed by atoms with E-state index >= 15 is 0 Å². The fraction of sp³-hybridized carbons (Fsp3) is 0. The van der Waals surface area contributed by atoms with Crippen LogP contribution in [0.1, 0.15) is 0 Å². The second kappa shape index (κ2) is 5.27. The first kappa shape index (κ1) is 11.4. The predicted molar refractivity (Wildman–Crippen MR) is 70.6 cm³/mol. The van der Waals surface area contributed by atoms with Gasteiger partial charge in [-0.25, -0.2) is 4.21 Å². The highest BCUT2D eigenvalue weighted by molar-refractivity contribution is 9.10. The van der Waals surface area contributed by atoms with Crippen molar-refractivity contribution in [1.29, 1.82) is 0 Å². The first-order valence-electron chi connectivity index (χ1n) is 4.75. The third kappa shape index (κ3) is 2.93. The van der Waals surface area contributed by atoms with Gasteiger partial charge < -0.3 is 4.72 Å². The van der Waals surface area contributed by atoms with Crippen LogP contribution in [0.25, 0.3) is 0 Å². The average molecular weight is 296 g/mol. The molecule has 0 aliphatic carbocycles. The van der Waals surface area contributed by atoms with Gasteiger partial charge in [0.2, 0.25) is 0 Å². The molecular formula is C12H10BrNOS. The molecule has 0 heterocycles. The summed E-state index contributed by atoms with van der Waals surface area (Å²) in [6.07, 6.45) is 0. The van der Waals surface area contributed by atoms with Crippen LogP contribution in [0, 0.1) is 0 Å². The number of nitrogens with one attached hydrogen (secondary N) is 1. The standard InChI is InChI=1S/C12H10BrNOS/c13-10-6-8-11(9-7-10)14-16(15)12-4-2-1-3-5-12/h1-9,14H/t16-/m0/s1. The summed E-state index contributed by atoms with van der Waals surface area (Å²) in [5.41, 5.74) is 0.838. The first-order valence-corrected chi connectivity index (χ1v) is 6.69. The van der Waals surface area contributed by atoms with E-state index in [0.29, 0.717) is 0 Å². The van der Waals surface area contributed by atoms with E-state index in [1.54, 1.807) is 0 Å². The SMILES string of the molecule is O=[S@](Nc1ccc(Br)cc1)c1ccccc1. The molecule has 2 rings (SSSR count). The van der Waals surface area contributed by atoms with Gasteiger partial charge in [0.1, 0.15) is 11.0 Å². The van der Waals surface area contributed by atoms with Crippen molar-refractivity contribution in [2.75, 3.05) is 4.72 Å². The van der Waals surface area contributed by atoms with Crippen LogP contribution in [-0.2, 0) is 11.0 Å². The number of anilines is 1. The molecule has 0 saturated carbocycles. The Labute approximate surface area is 105 Å². The summed E-state index contributed by atoms with van der Waals surface area (Å²) in [5, 5.41) is 0. The third-order valence-corrected chi connectivity index (χ3v) is 3.66. The minimum absolute atomic E-state index is 0.769. The zero-order chi connectivity index (χ0) is 11.4. The molecule has 0 radical (unpaired) electrons. The molecule has 0 spiro atoms. The Kier molecular flexibility index (Phi) is 3.74. The van der Waals surface area contributed by atoms with Gasteiger partial charge in [-0.3, -0.25) is 0 Å². The van der Waals surface area contributed by atoms with Crippen molar-refractivity contribution >= 4 is 32.6 Å². The number of halogens is 1. The van der Waals surface area contributed by atoms with Gasteiger partial charge >= 0.3 is 0 Å². The average Bonchev–Trinajstić information content (AvgIpc) is 2.33. The molecule has 82 valence electrons. The van der Waals surface area contributed by atoms with Crippen molar-refractivity contribution in [1.82, 2.24) is 0 Å². The zero-order valence-electron chi connectivity index (χ0n) is 8.39.